The van der Waals surface area contributed by atoms with E-state index in [1.165, 1.54) is 0 Å². The number of halogens is 1. The van der Waals surface area contributed by atoms with Crippen molar-refractivity contribution in [1.82, 2.24) is 0 Å². The SMILES string of the molecule is C=CCBr.C=CCO[C@@H](CC)[C@@H](CC)OCC=C.C=CCO[C@@H](CO)[C@@H](CO)OCC=C.CC[C@@H](O)[C@@H](O)CC.C[SiH](C)O[Si](C)(C)C.C[Si](C)(C)O[Si](C)(CCCO[C@@H](CO)[C@@H](CO)OCCC[Si](C)(O[Si](C)(C)C)O[Si](C)(C)C)O[Si](C)(C)C.O=CO.OC[C@@H](O)[C@@H](O)CO. The van der Waals surface area contributed by atoms with Crippen molar-refractivity contribution >= 4 is 90.2 Å². The zero-order valence-corrected chi connectivity index (χ0v) is 74.6. The largest absolute Gasteiger partial charge is 0.483 e. The van der Waals surface area contributed by atoms with E-state index < -0.39 is 130 Å². The third-order valence-electron chi connectivity index (χ3n) is 11.6. The zero-order chi connectivity index (χ0) is 77.7. The molecule has 0 saturated heterocycles. The number of carboxylic acid groups (broad SMARTS) is 1. The first-order chi connectivity index (χ1) is 44.7. The summed E-state index contributed by atoms with van der Waals surface area (Å²) in [5.74, 6) is 0. The molecule has 32 heteroatoms. The quantitative estimate of drug-likeness (QED) is 0.00886. The zero-order valence-electron chi connectivity index (χ0n) is 64.9. The highest BCUT2D eigenvalue weighted by Gasteiger charge is 2.41. The molecular formula is C65H149BrO23Si8. The van der Waals surface area contributed by atoms with Gasteiger partial charge < -0.3 is 105 Å². The maximum absolute atomic E-state index is 9.96. The Labute approximate surface area is 608 Å². The Morgan fingerprint density at radius 1 is 0.381 bits per heavy atom. The summed E-state index contributed by atoms with van der Waals surface area (Å²) in [5, 5.41) is 96.6. The van der Waals surface area contributed by atoms with Gasteiger partial charge in [0.15, 0.2) is 50.6 Å². The Bertz CT molecular complexity index is 1600. The Balaban J connectivity index is -0.000000182. The topological polar surface area (TPSA) is 341 Å². The minimum absolute atomic E-state index is 0.165. The molecule has 0 aliphatic rings. The molecule has 0 saturated carbocycles. The predicted octanol–water partition coefficient (Wildman–Crippen LogP) is 10.4. The van der Waals surface area contributed by atoms with Crippen LogP contribution in [0.2, 0.25) is 136 Å². The number of alkyl halides is 1. The number of rotatable bonds is 48. The summed E-state index contributed by atoms with van der Waals surface area (Å²) in [5.41, 5.74) is 0. The molecule has 23 nitrogen and oxygen atoms in total. The van der Waals surface area contributed by atoms with E-state index in [2.05, 4.69) is 187 Å². The first-order valence-electron chi connectivity index (χ1n) is 33.9. The fourth-order valence-electron chi connectivity index (χ4n) is 8.44. The van der Waals surface area contributed by atoms with E-state index in [1.807, 2.05) is 13.8 Å². The van der Waals surface area contributed by atoms with E-state index in [0.29, 0.717) is 52.5 Å². The Morgan fingerprint density at radius 2 is 0.608 bits per heavy atom. The van der Waals surface area contributed by atoms with Crippen LogP contribution in [0.4, 0.5) is 0 Å². The van der Waals surface area contributed by atoms with Gasteiger partial charge in [0.05, 0.1) is 90.5 Å². The predicted molar refractivity (Wildman–Crippen MR) is 423 cm³/mol. The van der Waals surface area contributed by atoms with Crippen molar-refractivity contribution < 1.29 is 110 Å². The average molecular weight is 1600 g/mol. The summed E-state index contributed by atoms with van der Waals surface area (Å²) in [6, 6.07) is 1.67. The average Bonchev–Trinajstić information content (AvgIpc) is 1.22. The van der Waals surface area contributed by atoms with E-state index in [4.69, 9.17) is 99.8 Å². The molecule has 0 unspecified atom stereocenters. The standard InChI is InChI=1S/C24H62O8Si6.C12H22O2.C10H18O4.C6H14O2.C5H16OSi2.C4H10O4.C3H5Br.CH2O2/c1-33(2,3)29-37(13,30-34(4,5)6)19-15-17-27-23(21-25)24(22-26)28-18-16-20-38(14,31-35(7,8)9)32-36(10,11)12;1-5-9-13-11(7-3)12(8-4)14-10-6-2;1-3-5-13-9(7-11)10(8-12)14-6-4-2;1-3-5(7)6(8)4-2;1-7(2)6-8(3,4)5;5-1-3(7)4(8)2-6;1-2-3-4;2-1-3/h23-26H,15-22H2,1-14H3;5-6,11-12H,1-2,7-10H2,3-4H3;3-4,9-12H,1-2,5-8H2;5-8H,3-4H2,1-2H3;7H,1-5H3;3-8H,1-2H2;2H,1,3H2;1H,(H,2,3)/t23-,24+;11-,12+;9-,10+;5-,6+;;3-,4+;;. The summed E-state index contributed by atoms with van der Waals surface area (Å²) < 4.78 is 65.6. The molecule has 0 rings (SSSR count). The third kappa shape index (κ3) is 81.1. The van der Waals surface area contributed by atoms with Crippen molar-refractivity contribution in [3.8, 4) is 0 Å². The molecule has 586 valence electrons. The van der Waals surface area contributed by atoms with E-state index >= 15 is 0 Å². The van der Waals surface area contributed by atoms with Gasteiger partial charge in [0, 0.05) is 18.5 Å². The molecule has 11 N–H and O–H groups in total. The van der Waals surface area contributed by atoms with Crippen LogP contribution in [0.15, 0.2) is 63.3 Å². The van der Waals surface area contributed by atoms with Gasteiger partial charge in [-0.2, -0.15) is 0 Å². The lowest BCUT2D eigenvalue weighted by Crippen LogP contribution is -2.52. The van der Waals surface area contributed by atoms with Gasteiger partial charge >= 0.3 is 17.1 Å². The minimum Gasteiger partial charge on any atom is -0.483 e. The second kappa shape index (κ2) is 67.4. The van der Waals surface area contributed by atoms with Crippen LogP contribution in [0.3, 0.4) is 0 Å². The second-order valence-corrected chi connectivity index (χ2v) is 61.2. The first kappa shape index (κ1) is 112. The normalized spacial score (nSPS) is 15.0. The van der Waals surface area contributed by atoms with Crippen molar-refractivity contribution in [3.05, 3.63) is 63.3 Å². The summed E-state index contributed by atoms with van der Waals surface area (Å²) in [6.07, 6.45) is 7.83. The number of allylic oxidation sites excluding steroid dienone is 1. The van der Waals surface area contributed by atoms with Crippen molar-refractivity contribution in [1.29, 1.82) is 0 Å². The van der Waals surface area contributed by atoms with Crippen LogP contribution in [-0.2, 0) is 53.8 Å². The highest BCUT2D eigenvalue weighted by molar-refractivity contribution is 9.09. The lowest BCUT2D eigenvalue weighted by atomic mass is 10.1. The number of aliphatic hydroxyl groups excluding tert-OH is 10. The molecule has 0 amide bonds. The number of ether oxygens (including phenoxy) is 6. The number of hydrogen-bond acceptors (Lipinski definition) is 22. The molecule has 0 aliphatic carbocycles. The van der Waals surface area contributed by atoms with Crippen molar-refractivity contribution in [3.63, 3.8) is 0 Å². The molecule has 0 aromatic carbocycles. The van der Waals surface area contributed by atoms with E-state index in [1.54, 1.807) is 30.4 Å². The molecule has 0 aromatic heterocycles. The van der Waals surface area contributed by atoms with Gasteiger partial charge in [-0.3, -0.25) is 4.79 Å². The molecule has 0 bridgehead atoms. The lowest BCUT2D eigenvalue weighted by molar-refractivity contribution is -0.122. The summed E-state index contributed by atoms with van der Waals surface area (Å²) >= 11 is 3.13. The van der Waals surface area contributed by atoms with Gasteiger partial charge in [-0.1, -0.05) is 74.0 Å². The first-order valence-corrected chi connectivity index (χ1v) is 59.9. The summed E-state index contributed by atoms with van der Waals surface area (Å²) in [6.45, 7) is 68.1. The molecule has 0 spiro atoms. The molecule has 0 radical (unpaired) electrons. The van der Waals surface area contributed by atoms with E-state index in [-0.39, 0.29) is 45.1 Å². The van der Waals surface area contributed by atoms with Gasteiger partial charge in [-0.15, -0.1) is 32.9 Å². The molecule has 97 heavy (non-hydrogen) atoms. The van der Waals surface area contributed by atoms with Crippen LogP contribution in [0, 0.1) is 0 Å². The van der Waals surface area contributed by atoms with Crippen LogP contribution in [0.1, 0.15) is 66.2 Å². The lowest BCUT2D eigenvalue weighted by Gasteiger charge is -2.39. The second-order valence-electron chi connectivity index (χ2n) is 27.6. The fourth-order valence-corrected chi connectivity index (χ4v) is 39.1. The molecule has 0 fully saturated rings. The van der Waals surface area contributed by atoms with Gasteiger partial charge in [0.1, 0.15) is 36.6 Å². The monoisotopic (exact) mass is 1600 g/mol. The summed E-state index contributed by atoms with van der Waals surface area (Å²) in [7, 11) is -13.6. The Morgan fingerprint density at radius 3 is 0.753 bits per heavy atom. The van der Waals surface area contributed by atoms with Crippen LogP contribution in [-0.4, -0.2) is 276 Å². The highest BCUT2D eigenvalue weighted by Crippen LogP contribution is 2.28. The van der Waals surface area contributed by atoms with Crippen LogP contribution < -0.4 is 0 Å². The van der Waals surface area contributed by atoms with Gasteiger partial charge in [0.2, 0.25) is 0 Å². The van der Waals surface area contributed by atoms with Crippen molar-refractivity contribution in [2.75, 3.05) is 84.6 Å². The Hall–Kier alpha value is -0.455. The minimum atomic E-state index is -2.33. The maximum Gasteiger partial charge on any atom is 0.314 e. The summed E-state index contributed by atoms with van der Waals surface area (Å²) in [4.78, 5) is 8.36. The van der Waals surface area contributed by atoms with Crippen molar-refractivity contribution in [2.45, 2.75) is 264 Å². The third-order valence-corrected chi connectivity index (χ3v) is 36.0. The molecular weight excluding hydrogens is 1450 g/mol. The van der Waals surface area contributed by atoms with E-state index in [0.717, 1.165) is 43.1 Å². The number of carbonyl (C=O) groups is 1. The van der Waals surface area contributed by atoms with Crippen LogP contribution in [0.25, 0.3) is 0 Å². The molecule has 0 aliphatic heterocycles. The van der Waals surface area contributed by atoms with Gasteiger partial charge in [-0.05, 0) is 175 Å². The fraction of sp³-hybridized carbons (Fsp3) is 0.831. The smallest absolute Gasteiger partial charge is 0.314 e. The van der Waals surface area contributed by atoms with Gasteiger partial charge in [0.25, 0.3) is 6.47 Å². The Kier molecular flexibility index (Phi) is 78.1. The maximum atomic E-state index is 9.96. The molecule has 0 aromatic rings. The van der Waals surface area contributed by atoms with Crippen LogP contribution in [0.5, 0.6) is 0 Å². The number of hydrogen-bond donors (Lipinski definition) is 11. The molecule has 10 atom stereocenters. The molecule has 0 heterocycles. The van der Waals surface area contributed by atoms with Gasteiger partial charge in [-0.25, -0.2) is 0 Å². The highest BCUT2D eigenvalue weighted by atomic mass is 79.9. The van der Waals surface area contributed by atoms with Crippen molar-refractivity contribution in [2.24, 2.45) is 0 Å². The van der Waals surface area contributed by atoms with Crippen LogP contribution >= 0.6 is 15.9 Å². The van der Waals surface area contributed by atoms with E-state index in [9.17, 15) is 10.2 Å². The number of aliphatic hydroxyl groups is 10.